The van der Waals surface area contributed by atoms with Crippen LogP contribution in [0.1, 0.15) is 0 Å². The van der Waals surface area contributed by atoms with E-state index in [1.165, 1.54) is 12.1 Å². The van der Waals surface area contributed by atoms with Gasteiger partial charge in [-0.1, -0.05) is 0 Å². The molecule has 0 saturated carbocycles. The predicted molar refractivity (Wildman–Crippen MR) is 31.3 cm³/mol. The minimum Gasteiger partial charge on any atom is -0.493 e. The van der Waals surface area contributed by atoms with Crippen LogP contribution in [0.4, 0.5) is 0 Å². The summed E-state index contributed by atoms with van der Waals surface area (Å²) in [4.78, 5) is 0. The standard InChI is InChI=1S/C4H7N3O2/c5-6-7-3(8)1-2-4(7)9/h1-2,6,8-9H,5H2. The lowest BCUT2D eigenvalue weighted by atomic mass is 10.6. The molecule has 0 aromatic carbocycles. The topological polar surface area (TPSA) is 83.4 Å². The smallest absolute Gasteiger partial charge is 0.214 e. The highest BCUT2D eigenvalue weighted by Crippen LogP contribution is 2.16. The molecule has 0 bridgehead atoms. The molecular weight excluding hydrogens is 122 g/mol. The van der Waals surface area contributed by atoms with Gasteiger partial charge < -0.3 is 10.2 Å². The summed E-state index contributed by atoms with van der Waals surface area (Å²) in [5.41, 5.74) is 2.06. The molecule has 0 radical (unpaired) electrons. The molecule has 1 heterocycles. The Kier molecular flexibility index (Phi) is 1.20. The largest absolute Gasteiger partial charge is 0.493 e. The Morgan fingerprint density at radius 2 is 1.78 bits per heavy atom. The average Bonchev–Trinajstić information content (AvgIpc) is 2.12. The summed E-state index contributed by atoms with van der Waals surface area (Å²) < 4.78 is 0.931. The molecule has 0 atom stereocenters. The lowest BCUT2D eigenvalue weighted by Crippen LogP contribution is -2.20. The third-order valence-corrected chi connectivity index (χ3v) is 0.969. The third kappa shape index (κ3) is 0.768. The Hall–Kier alpha value is -1.36. The normalized spacial score (nSPS) is 9.44. The predicted octanol–water partition coefficient (Wildman–Crippen LogP) is -0.684. The maximum absolute atomic E-state index is 8.79. The quantitative estimate of drug-likeness (QED) is 0.299. The molecule has 5 heteroatoms. The van der Waals surface area contributed by atoms with Crippen LogP contribution >= 0.6 is 0 Å². The van der Waals surface area contributed by atoms with Gasteiger partial charge in [0.1, 0.15) is 0 Å². The number of aromatic nitrogens is 1. The zero-order chi connectivity index (χ0) is 6.85. The number of hydrogen-bond acceptors (Lipinski definition) is 4. The van der Waals surface area contributed by atoms with Gasteiger partial charge >= 0.3 is 0 Å². The van der Waals surface area contributed by atoms with E-state index in [2.05, 4.69) is 5.53 Å². The van der Waals surface area contributed by atoms with Crippen molar-refractivity contribution < 1.29 is 10.2 Å². The van der Waals surface area contributed by atoms with Crippen LogP contribution in [0.2, 0.25) is 0 Å². The first-order valence-corrected chi connectivity index (χ1v) is 2.32. The zero-order valence-electron chi connectivity index (χ0n) is 4.57. The van der Waals surface area contributed by atoms with Gasteiger partial charge in [0.2, 0.25) is 11.8 Å². The van der Waals surface area contributed by atoms with Gasteiger partial charge in [-0.15, -0.1) is 0 Å². The highest BCUT2D eigenvalue weighted by Gasteiger charge is 2.00. The first-order chi connectivity index (χ1) is 4.25. The summed E-state index contributed by atoms with van der Waals surface area (Å²) in [7, 11) is 0. The molecule has 0 aliphatic heterocycles. The summed E-state index contributed by atoms with van der Waals surface area (Å²) in [5, 5.41) is 17.6. The molecule has 0 aliphatic carbocycles. The fourth-order valence-corrected chi connectivity index (χ4v) is 0.548. The van der Waals surface area contributed by atoms with Gasteiger partial charge in [-0.3, -0.25) is 5.53 Å². The van der Waals surface area contributed by atoms with E-state index in [0.29, 0.717) is 0 Å². The molecule has 0 amide bonds. The molecule has 50 valence electrons. The van der Waals surface area contributed by atoms with Crippen molar-refractivity contribution >= 4 is 0 Å². The molecular formula is C4H7N3O2. The van der Waals surface area contributed by atoms with Gasteiger partial charge in [0.15, 0.2) is 0 Å². The maximum Gasteiger partial charge on any atom is 0.214 e. The molecule has 0 unspecified atom stereocenters. The first kappa shape index (κ1) is 5.77. The Morgan fingerprint density at radius 3 is 2.00 bits per heavy atom. The van der Waals surface area contributed by atoms with Crippen molar-refractivity contribution in [3.05, 3.63) is 12.1 Å². The van der Waals surface area contributed by atoms with Crippen LogP contribution in [0.3, 0.4) is 0 Å². The van der Waals surface area contributed by atoms with E-state index in [9.17, 15) is 0 Å². The average molecular weight is 129 g/mol. The summed E-state index contributed by atoms with van der Waals surface area (Å²) in [5.74, 6) is 4.63. The molecule has 1 aromatic heterocycles. The van der Waals surface area contributed by atoms with Crippen LogP contribution in [-0.2, 0) is 0 Å². The summed E-state index contributed by atoms with van der Waals surface area (Å²) in [6.45, 7) is 0. The van der Waals surface area contributed by atoms with Crippen LogP contribution < -0.4 is 11.4 Å². The van der Waals surface area contributed by atoms with Crippen LogP contribution in [0, 0.1) is 0 Å². The van der Waals surface area contributed by atoms with Gasteiger partial charge in [-0.2, -0.15) is 4.68 Å². The Morgan fingerprint density at radius 1 is 1.33 bits per heavy atom. The van der Waals surface area contributed by atoms with E-state index in [-0.39, 0.29) is 11.8 Å². The number of nitrogen functional groups attached to an aromatic ring is 1. The highest BCUT2D eigenvalue weighted by atomic mass is 16.3. The highest BCUT2D eigenvalue weighted by molar-refractivity contribution is 5.24. The molecule has 1 rings (SSSR count). The minimum absolute atomic E-state index is 0.130. The second-order valence-electron chi connectivity index (χ2n) is 1.51. The van der Waals surface area contributed by atoms with Crippen molar-refractivity contribution in [2.75, 3.05) is 5.53 Å². The first-order valence-electron chi connectivity index (χ1n) is 2.32. The van der Waals surface area contributed by atoms with Crippen LogP contribution in [0.5, 0.6) is 11.8 Å². The van der Waals surface area contributed by atoms with Crippen LogP contribution in [-0.4, -0.2) is 14.9 Å². The molecule has 0 fully saturated rings. The SMILES string of the molecule is NNn1c(O)ccc1O. The van der Waals surface area contributed by atoms with Crippen molar-refractivity contribution in [1.82, 2.24) is 4.68 Å². The Labute approximate surface area is 51.3 Å². The number of rotatable bonds is 1. The van der Waals surface area contributed by atoms with Crippen molar-refractivity contribution in [1.29, 1.82) is 0 Å². The minimum atomic E-state index is -0.130. The van der Waals surface area contributed by atoms with Gasteiger partial charge in [0, 0.05) is 12.1 Å². The van der Waals surface area contributed by atoms with E-state index in [4.69, 9.17) is 16.1 Å². The lowest BCUT2D eigenvalue weighted by molar-refractivity contribution is 0.388. The van der Waals surface area contributed by atoms with Gasteiger partial charge in [0.25, 0.3) is 0 Å². The van der Waals surface area contributed by atoms with Crippen LogP contribution in [0.15, 0.2) is 12.1 Å². The fraction of sp³-hybridized carbons (Fsp3) is 0. The van der Waals surface area contributed by atoms with Crippen molar-refractivity contribution in [2.24, 2.45) is 5.84 Å². The summed E-state index contributed by atoms with van der Waals surface area (Å²) in [6, 6.07) is 2.63. The van der Waals surface area contributed by atoms with E-state index in [0.717, 1.165) is 4.68 Å². The number of hydrazine groups is 1. The van der Waals surface area contributed by atoms with Gasteiger partial charge in [0.05, 0.1) is 0 Å². The van der Waals surface area contributed by atoms with Crippen molar-refractivity contribution in [3.8, 4) is 11.8 Å². The molecule has 9 heavy (non-hydrogen) atoms. The lowest BCUT2D eigenvalue weighted by Gasteiger charge is -2.01. The number of aromatic hydroxyl groups is 2. The van der Waals surface area contributed by atoms with E-state index in [1.54, 1.807) is 0 Å². The number of nitrogens with two attached hydrogens (primary N) is 1. The third-order valence-electron chi connectivity index (χ3n) is 0.969. The zero-order valence-corrected chi connectivity index (χ0v) is 4.57. The summed E-state index contributed by atoms with van der Waals surface area (Å²) >= 11 is 0. The molecule has 1 aromatic rings. The van der Waals surface area contributed by atoms with Crippen LogP contribution in [0.25, 0.3) is 0 Å². The maximum atomic E-state index is 8.79. The van der Waals surface area contributed by atoms with E-state index >= 15 is 0 Å². The molecule has 0 spiro atoms. The Bertz CT molecular complexity index is 188. The molecule has 5 nitrogen and oxygen atoms in total. The van der Waals surface area contributed by atoms with E-state index in [1.807, 2.05) is 0 Å². The van der Waals surface area contributed by atoms with Crippen molar-refractivity contribution in [2.45, 2.75) is 0 Å². The second kappa shape index (κ2) is 1.87. The van der Waals surface area contributed by atoms with Gasteiger partial charge in [-0.05, 0) is 0 Å². The summed E-state index contributed by atoms with van der Waals surface area (Å²) in [6.07, 6.45) is 0. The van der Waals surface area contributed by atoms with E-state index < -0.39 is 0 Å². The molecule has 5 N–H and O–H groups in total. The number of nitrogens with zero attached hydrogens (tertiary/aromatic N) is 1. The number of nitrogens with one attached hydrogen (secondary N) is 1. The second-order valence-corrected chi connectivity index (χ2v) is 1.51. The van der Waals surface area contributed by atoms with Crippen molar-refractivity contribution in [3.63, 3.8) is 0 Å². The molecule has 0 aliphatic rings. The molecule has 0 saturated heterocycles. The Balaban J connectivity index is 3.07. The van der Waals surface area contributed by atoms with Gasteiger partial charge in [-0.25, -0.2) is 5.84 Å². The number of hydrogen-bond donors (Lipinski definition) is 4. The fourth-order valence-electron chi connectivity index (χ4n) is 0.548. The monoisotopic (exact) mass is 129 g/mol.